The zero-order chi connectivity index (χ0) is 19.7. The van der Waals surface area contributed by atoms with E-state index in [4.69, 9.17) is 5.84 Å². The molecule has 0 saturated carbocycles. The quantitative estimate of drug-likeness (QED) is 0.271. The predicted molar refractivity (Wildman–Crippen MR) is 89.2 cm³/mol. The van der Waals surface area contributed by atoms with Crippen LogP contribution in [0.2, 0.25) is 0 Å². The van der Waals surface area contributed by atoms with E-state index in [0.717, 1.165) is 6.07 Å². The van der Waals surface area contributed by atoms with Gasteiger partial charge in [0.25, 0.3) is 17.3 Å². The number of nitro groups is 2. The summed E-state index contributed by atoms with van der Waals surface area (Å²) in [7, 11) is 1.22. The molecule has 2 aromatic carbocycles. The van der Waals surface area contributed by atoms with Crippen LogP contribution in [0.5, 0.6) is 0 Å². The molecule has 11 heteroatoms. The summed E-state index contributed by atoms with van der Waals surface area (Å²) in [6, 6.07) is 10.7. The molecule has 0 spiro atoms. The van der Waals surface area contributed by atoms with E-state index in [1.807, 2.05) is 5.43 Å². The highest BCUT2D eigenvalue weighted by Crippen LogP contribution is 2.13. The second-order valence-electron chi connectivity index (χ2n) is 4.58. The Labute approximate surface area is 146 Å². The van der Waals surface area contributed by atoms with Gasteiger partial charge in [0.15, 0.2) is 0 Å². The van der Waals surface area contributed by atoms with E-state index in [1.54, 1.807) is 0 Å². The summed E-state index contributed by atoms with van der Waals surface area (Å²) < 4.78 is 4.41. The Kier molecular flexibility index (Phi) is 7.33. The van der Waals surface area contributed by atoms with Gasteiger partial charge in [-0.05, 0) is 12.1 Å². The number of rotatable bonds is 4. The number of nitro benzene ring substituents is 2. The molecule has 0 unspecified atom stereocenters. The number of carbonyl (C=O) groups is 2. The molecule has 0 fully saturated rings. The van der Waals surface area contributed by atoms with Crippen LogP contribution in [-0.2, 0) is 4.74 Å². The van der Waals surface area contributed by atoms with Crippen LogP contribution in [0.4, 0.5) is 11.4 Å². The average molecular weight is 362 g/mol. The smallest absolute Gasteiger partial charge is 0.338 e. The van der Waals surface area contributed by atoms with E-state index in [-0.39, 0.29) is 22.5 Å². The largest absolute Gasteiger partial charge is 0.465 e. The number of nitrogen functional groups attached to an aromatic ring is 1. The van der Waals surface area contributed by atoms with E-state index in [0.29, 0.717) is 0 Å². The number of nitrogens with one attached hydrogen (secondary N) is 1. The lowest BCUT2D eigenvalue weighted by atomic mass is 10.2. The molecule has 0 aliphatic heterocycles. The van der Waals surface area contributed by atoms with E-state index in [2.05, 4.69) is 4.74 Å². The zero-order valence-electron chi connectivity index (χ0n) is 13.4. The number of nitrogens with two attached hydrogens (primary N) is 1. The van der Waals surface area contributed by atoms with Gasteiger partial charge in [-0.1, -0.05) is 12.1 Å². The Morgan fingerprint density at radius 2 is 1.42 bits per heavy atom. The first-order valence-corrected chi connectivity index (χ1v) is 6.88. The number of methoxy groups -OCH3 is 1. The third kappa shape index (κ3) is 5.65. The van der Waals surface area contributed by atoms with E-state index >= 15 is 0 Å². The first-order chi connectivity index (χ1) is 12.3. The zero-order valence-corrected chi connectivity index (χ0v) is 13.4. The molecule has 0 aliphatic carbocycles. The molecular formula is C15H14N4O7. The topological polar surface area (TPSA) is 168 Å². The molecule has 0 bridgehead atoms. The van der Waals surface area contributed by atoms with Gasteiger partial charge in [-0.2, -0.15) is 0 Å². The minimum atomic E-state index is -0.580. The maximum Gasteiger partial charge on any atom is 0.338 e. The molecule has 0 atom stereocenters. The first-order valence-electron chi connectivity index (χ1n) is 6.88. The molecule has 1 amide bonds. The summed E-state index contributed by atoms with van der Waals surface area (Å²) in [6.07, 6.45) is 0. The maximum atomic E-state index is 10.9. The van der Waals surface area contributed by atoms with Gasteiger partial charge in [0.05, 0.1) is 22.5 Å². The third-order valence-electron chi connectivity index (χ3n) is 2.93. The standard InChI is InChI=1S/C8H7NO4.C7H7N3O3/c1-13-8(10)6-3-2-4-7(5-6)9(11)12;8-9-7(11)5-2-1-3-6(4-5)10(12)13/h2-5H,1H3;1-4H,8H2,(H,9,11). The summed E-state index contributed by atoms with van der Waals surface area (Å²) in [5.74, 6) is 3.73. The summed E-state index contributed by atoms with van der Waals surface area (Å²) >= 11 is 0. The van der Waals surface area contributed by atoms with Crippen molar-refractivity contribution in [2.45, 2.75) is 0 Å². The molecule has 136 valence electrons. The Bertz CT molecular complexity index is 769. The van der Waals surface area contributed by atoms with Gasteiger partial charge in [-0.3, -0.25) is 30.4 Å². The monoisotopic (exact) mass is 362 g/mol. The van der Waals surface area contributed by atoms with Crippen molar-refractivity contribution in [1.29, 1.82) is 0 Å². The number of ether oxygens (including phenoxy) is 1. The molecule has 0 aliphatic rings. The molecular weight excluding hydrogens is 348 g/mol. The second-order valence-corrected chi connectivity index (χ2v) is 4.58. The Morgan fingerprint density at radius 3 is 1.85 bits per heavy atom. The lowest BCUT2D eigenvalue weighted by Crippen LogP contribution is -2.29. The van der Waals surface area contributed by atoms with Crippen LogP contribution in [0.3, 0.4) is 0 Å². The maximum absolute atomic E-state index is 10.9. The number of benzene rings is 2. The summed E-state index contributed by atoms with van der Waals surface area (Å²) in [5.41, 5.74) is 1.97. The van der Waals surface area contributed by atoms with Gasteiger partial charge in [0, 0.05) is 29.8 Å². The average Bonchev–Trinajstić information content (AvgIpc) is 2.67. The number of amides is 1. The van der Waals surface area contributed by atoms with Crippen molar-refractivity contribution in [3.8, 4) is 0 Å². The molecule has 3 N–H and O–H groups in total. The van der Waals surface area contributed by atoms with E-state index in [9.17, 15) is 29.8 Å². The number of nitrogens with zero attached hydrogens (tertiary/aromatic N) is 2. The highest BCUT2D eigenvalue weighted by molar-refractivity contribution is 5.94. The SMILES string of the molecule is COC(=O)c1cccc([N+](=O)[O-])c1.NNC(=O)c1cccc([N+](=O)[O-])c1. The van der Waals surface area contributed by atoms with Crippen LogP contribution in [0.15, 0.2) is 48.5 Å². The predicted octanol–water partition coefficient (Wildman–Crippen LogP) is 1.58. The second kappa shape index (κ2) is 9.44. The molecule has 0 aromatic heterocycles. The molecule has 0 radical (unpaired) electrons. The number of carbonyl (C=O) groups excluding carboxylic acids is 2. The highest BCUT2D eigenvalue weighted by atomic mass is 16.6. The third-order valence-corrected chi connectivity index (χ3v) is 2.93. The lowest BCUT2D eigenvalue weighted by Gasteiger charge is -1.97. The fraction of sp³-hybridized carbons (Fsp3) is 0.0667. The van der Waals surface area contributed by atoms with Crippen molar-refractivity contribution < 1.29 is 24.2 Å². The van der Waals surface area contributed by atoms with Crippen molar-refractivity contribution in [3.05, 3.63) is 79.9 Å². The molecule has 2 aromatic rings. The fourth-order valence-electron chi connectivity index (χ4n) is 1.71. The normalized spacial score (nSPS) is 9.31. The van der Waals surface area contributed by atoms with Crippen molar-refractivity contribution in [2.75, 3.05) is 7.11 Å². The van der Waals surface area contributed by atoms with Crippen LogP contribution in [-0.4, -0.2) is 28.8 Å². The summed E-state index contributed by atoms with van der Waals surface area (Å²) in [4.78, 5) is 41.4. The Morgan fingerprint density at radius 1 is 0.962 bits per heavy atom. The Balaban J connectivity index is 0.000000260. The van der Waals surface area contributed by atoms with Crippen molar-refractivity contribution in [3.63, 3.8) is 0 Å². The summed E-state index contributed by atoms with van der Waals surface area (Å²) in [5, 5.41) is 20.6. The number of hydrazine groups is 1. The van der Waals surface area contributed by atoms with Gasteiger partial charge in [0.1, 0.15) is 0 Å². The molecule has 0 heterocycles. The highest BCUT2D eigenvalue weighted by Gasteiger charge is 2.11. The number of esters is 1. The minimum absolute atomic E-state index is 0.122. The summed E-state index contributed by atoms with van der Waals surface area (Å²) in [6.45, 7) is 0. The van der Waals surface area contributed by atoms with E-state index in [1.165, 1.54) is 49.6 Å². The van der Waals surface area contributed by atoms with Crippen LogP contribution < -0.4 is 11.3 Å². The number of hydrogen-bond donors (Lipinski definition) is 2. The van der Waals surface area contributed by atoms with Crippen molar-refractivity contribution in [2.24, 2.45) is 5.84 Å². The first kappa shape index (κ1) is 20.2. The number of hydrogen-bond acceptors (Lipinski definition) is 8. The van der Waals surface area contributed by atoms with Gasteiger partial charge in [0.2, 0.25) is 0 Å². The van der Waals surface area contributed by atoms with Crippen molar-refractivity contribution in [1.82, 2.24) is 5.43 Å². The van der Waals surface area contributed by atoms with Crippen molar-refractivity contribution >= 4 is 23.3 Å². The molecule has 11 nitrogen and oxygen atoms in total. The van der Waals surface area contributed by atoms with Crippen LogP contribution >= 0.6 is 0 Å². The molecule has 26 heavy (non-hydrogen) atoms. The minimum Gasteiger partial charge on any atom is -0.465 e. The molecule has 0 saturated heterocycles. The van der Waals surface area contributed by atoms with Gasteiger partial charge < -0.3 is 4.74 Å². The van der Waals surface area contributed by atoms with Gasteiger partial charge in [-0.25, -0.2) is 10.6 Å². The lowest BCUT2D eigenvalue weighted by molar-refractivity contribution is -0.385. The number of non-ortho nitro benzene ring substituents is 2. The fourth-order valence-corrected chi connectivity index (χ4v) is 1.71. The van der Waals surface area contributed by atoms with Gasteiger partial charge in [-0.15, -0.1) is 0 Å². The van der Waals surface area contributed by atoms with E-state index < -0.39 is 21.7 Å². The molecule has 2 rings (SSSR count). The van der Waals surface area contributed by atoms with Crippen LogP contribution in [0.1, 0.15) is 20.7 Å². The van der Waals surface area contributed by atoms with Gasteiger partial charge >= 0.3 is 5.97 Å². The van der Waals surface area contributed by atoms with Crippen LogP contribution in [0.25, 0.3) is 0 Å². The Hall–Kier alpha value is -3.86. The van der Waals surface area contributed by atoms with Crippen LogP contribution in [0, 0.1) is 20.2 Å².